The first kappa shape index (κ1) is 13.3. The highest BCUT2D eigenvalue weighted by Gasteiger charge is 2.49. The van der Waals surface area contributed by atoms with Gasteiger partial charge < -0.3 is 0 Å². The molecule has 0 aromatic rings. The molecule has 0 rings (SSSR count). The molecule has 0 fully saturated rings. The van der Waals surface area contributed by atoms with Crippen molar-refractivity contribution in [3.8, 4) is 0 Å². The summed E-state index contributed by atoms with van der Waals surface area (Å²) >= 11 is 0. The van der Waals surface area contributed by atoms with Gasteiger partial charge in [0.1, 0.15) is 0 Å². The zero-order chi connectivity index (χ0) is 11.6. The van der Waals surface area contributed by atoms with Crippen molar-refractivity contribution in [1.82, 2.24) is 5.48 Å². The van der Waals surface area contributed by atoms with Crippen molar-refractivity contribution in [2.45, 2.75) is 12.3 Å². The molecule has 2 N–H and O–H groups in total. The van der Waals surface area contributed by atoms with Crippen molar-refractivity contribution < 1.29 is 40.6 Å². The van der Waals surface area contributed by atoms with E-state index in [-0.39, 0.29) is 0 Å². The number of hydrogen-bond donors (Lipinski definition) is 2. The minimum atomic E-state index is -5.73. The highest BCUT2D eigenvalue weighted by molar-refractivity contribution is 7.46. The Morgan fingerprint density at radius 2 is 1.93 bits per heavy atom. The van der Waals surface area contributed by atoms with Crippen molar-refractivity contribution in [3.63, 3.8) is 0 Å². The molecule has 0 heterocycles. The number of alkyl halides is 4. The minimum absolute atomic E-state index is 0.387. The summed E-state index contributed by atoms with van der Waals surface area (Å²) in [6.45, 7) is 0. The molecule has 0 radical (unpaired) electrons. The van der Waals surface area contributed by atoms with Gasteiger partial charge in [0.15, 0.2) is 0 Å². The number of hydrogen-bond acceptors (Lipinski definition) is 3. The Morgan fingerprint density at radius 3 is 2.21 bits per heavy atom. The predicted molar refractivity (Wildman–Crippen MR) is 31.1 cm³/mol. The van der Waals surface area contributed by atoms with Crippen LogP contribution in [0.4, 0.5) is 21.8 Å². The zero-order valence-corrected chi connectivity index (χ0v) is 6.98. The van der Waals surface area contributed by atoms with E-state index in [9.17, 15) is 31.1 Å². The second-order valence-electron chi connectivity index (χ2n) is 1.90. The molecule has 0 spiro atoms. The first-order chi connectivity index (χ1) is 6.07. The molecule has 14 heavy (non-hydrogen) atoms. The van der Waals surface area contributed by atoms with Crippen LogP contribution in [0, 0.1) is 0 Å². The molecule has 0 aliphatic heterocycles. The lowest BCUT2D eigenvalue weighted by molar-refractivity contribution is -0.176. The molecular formula is C3H3F5NO4P. The fourth-order valence-corrected chi connectivity index (χ4v) is 0.460. The largest absolute Gasteiger partial charge is 0.532 e. The summed E-state index contributed by atoms with van der Waals surface area (Å²) < 4.78 is 70.8. The number of carbonyl (C=O) groups excluding carboxylic acids is 1. The van der Waals surface area contributed by atoms with Crippen molar-refractivity contribution >= 4 is 13.8 Å². The average molecular weight is 243 g/mol. The van der Waals surface area contributed by atoms with Crippen LogP contribution in [0.15, 0.2) is 0 Å². The van der Waals surface area contributed by atoms with Gasteiger partial charge >= 0.3 is 26.2 Å². The maximum atomic E-state index is 12.0. The van der Waals surface area contributed by atoms with Crippen molar-refractivity contribution in [1.29, 1.82) is 0 Å². The Balaban J connectivity index is 4.30. The maximum absolute atomic E-state index is 12.0. The van der Waals surface area contributed by atoms with E-state index in [1.807, 2.05) is 0 Å². The van der Waals surface area contributed by atoms with Gasteiger partial charge in [-0.2, -0.15) is 13.4 Å². The summed E-state index contributed by atoms with van der Waals surface area (Å²) in [4.78, 5) is 17.8. The third kappa shape index (κ3) is 3.99. The quantitative estimate of drug-likeness (QED) is 0.438. The highest BCUT2D eigenvalue weighted by Crippen LogP contribution is 2.42. The number of hydroxylamine groups is 1. The van der Waals surface area contributed by atoms with E-state index in [4.69, 9.17) is 4.89 Å². The van der Waals surface area contributed by atoms with Crippen LogP contribution in [0.25, 0.3) is 0 Å². The van der Waals surface area contributed by atoms with Gasteiger partial charge in [-0.05, 0) is 0 Å². The molecule has 84 valence electrons. The van der Waals surface area contributed by atoms with Crippen LogP contribution in [0.1, 0.15) is 0 Å². The van der Waals surface area contributed by atoms with E-state index >= 15 is 0 Å². The van der Waals surface area contributed by atoms with Crippen LogP contribution in [-0.2, 0) is 14.0 Å². The Bertz CT molecular complexity index is 264. The standard InChI is InChI=1S/C3H3F5NO4P/c4-1(5)3(6,7)2(10)9-13-14(8,11)12/h1H,(H,9,10)(H,11,12). The van der Waals surface area contributed by atoms with Gasteiger partial charge in [0.25, 0.3) is 0 Å². The average Bonchev–Trinajstić information content (AvgIpc) is 1.98. The van der Waals surface area contributed by atoms with Gasteiger partial charge in [0.2, 0.25) is 0 Å². The number of rotatable bonds is 4. The summed E-state index contributed by atoms with van der Waals surface area (Å²) in [5.41, 5.74) is 0.387. The lowest BCUT2D eigenvalue weighted by atomic mass is 10.3. The van der Waals surface area contributed by atoms with Crippen LogP contribution >= 0.6 is 7.91 Å². The number of carbonyl (C=O) groups is 1. The van der Waals surface area contributed by atoms with E-state index in [1.54, 1.807) is 0 Å². The van der Waals surface area contributed by atoms with Gasteiger partial charge in [-0.3, -0.25) is 9.69 Å². The van der Waals surface area contributed by atoms with Crippen LogP contribution in [0.2, 0.25) is 0 Å². The molecule has 0 aromatic carbocycles. The first-order valence-electron chi connectivity index (χ1n) is 2.75. The third-order valence-corrected chi connectivity index (χ3v) is 1.14. The Kier molecular flexibility index (Phi) is 3.98. The van der Waals surface area contributed by atoms with Crippen LogP contribution < -0.4 is 5.48 Å². The molecule has 1 unspecified atom stereocenters. The van der Waals surface area contributed by atoms with Gasteiger partial charge in [-0.1, -0.05) is 0 Å². The van der Waals surface area contributed by atoms with E-state index < -0.39 is 26.2 Å². The number of halogens is 5. The fraction of sp³-hybridized carbons (Fsp3) is 0.667. The van der Waals surface area contributed by atoms with Crippen molar-refractivity contribution in [2.75, 3.05) is 0 Å². The summed E-state index contributed by atoms with van der Waals surface area (Å²) in [5.74, 6) is -7.85. The minimum Gasteiger partial charge on any atom is -0.298 e. The van der Waals surface area contributed by atoms with Crippen LogP contribution in [0.5, 0.6) is 0 Å². The van der Waals surface area contributed by atoms with Crippen molar-refractivity contribution in [3.05, 3.63) is 0 Å². The SMILES string of the molecule is O=C(NOP(=O)(O)F)C(F)(F)C(F)F. The van der Waals surface area contributed by atoms with Gasteiger partial charge in [-0.25, -0.2) is 18.8 Å². The molecule has 0 aliphatic rings. The molecule has 11 heteroatoms. The van der Waals surface area contributed by atoms with Gasteiger partial charge in [0.05, 0.1) is 0 Å². The van der Waals surface area contributed by atoms with E-state index in [1.165, 1.54) is 0 Å². The Hall–Kier alpha value is -0.730. The van der Waals surface area contributed by atoms with Crippen LogP contribution in [0.3, 0.4) is 0 Å². The summed E-state index contributed by atoms with van der Waals surface area (Å²) in [7, 11) is -5.73. The maximum Gasteiger partial charge on any atom is 0.532 e. The monoisotopic (exact) mass is 243 g/mol. The highest BCUT2D eigenvalue weighted by atomic mass is 31.2. The van der Waals surface area contributed by atoms with E-state index in [0.29, 0.717) is 5.48 Å². The van der Waals surface area contributed by atoms with E-state index in [0.717, 1.165) is 0 Å². The topological polar surface area (TPSA) is 75.6 Å². The van der Waals surface area contributed by atoms with E-state index in [2.05, 4.69) is 4.62 Å². The normalized spacial score (nSPS) is 16.5. The molecule has 5 nitrogen and oxygen atoms in total. The Morgan fingerprint density at radius 1 is 1.50 bits per heavy atom. The molecule has 0 saturated carbocycles. The zero-order valence-electron chi connectivity index (χ0n) is 6.09. The third-order valence-electron chi connectivity index (χ3n) is 0.828. The summed E-state index contributed by atoms with van der Waals surface area (Å²) in [6.07, 6.45) is -4.34. The molecule has 0 bridgehead atoms. The molecule has 0 aromatic heterocycles. The Labute approximate surface area is 73.5 Å². The van der Waals surface area contributed by atoms with Gasteiger partial charge in [-0.15, -0.1) is 4.20 Å². The van der Waals surface area contributed by atoms with Crippen LogP contribution in [-0.4, -0.2) is 23.1 Å². The smallest absolute Gasteiger partial charge is 0.298 e. The number of amides is 1. The first-order valence-corrected chi connectivity index (χ1v) is 4.21. The molecule has 0 saturated heterocycles. The van der Waals surface area contributed by atoms with Crippen molar-refractivity contribution in [2.24, 2.45) is 0 Å². The van der Waals surface area contributed by atoms with Gasteiger partial charge in [0, 0.05) is 0 Å². The molecule has 1 atom stereocenters. The second kappa shape index (κ2) is 4.20. The predicted octanol–water partition coefficient (Wildman–Crippen LogP) is 1.00. The summed E-state index contributed by atoms with van der Waals surface area (Å²) in [6, 6.07) is 0. The fourth-order valence-electron chi connectivity index (χ4n) is 0.265. The lowest BCUT2D eigenvalue weighted by Crippen LogP contribution is -2.44. The summed E-state index contributed by atoms with van der Waals surface area (Å²) in [5, 5.41) is 0. The molecule has 1 amide bonds. The number of nitrogens with one attached hydrogen (secondary N) is 1. The molecular weight excluding hydrogens is 240 g/mol. The lowest BCUT2D eigenvalue weighted by Gasteiger charge is -2.13. The molecule has 0 aliphatic carbocycles. The second-order valence-corrected chi connectivity index (χ2v) is 2.98.